The summed E-state index contributed by atoms with van der Waals surface area (Å²) in [6, 6.07) is 6.02. The molecule has 1 radical (unpaired) electrons. The molecule has 0 bridgehead atoms. The zero-order valence-electron chi connectivity index (χ0n) is 4.97. The fourth-order valence-electron chi connectivity index (χ4n) is 0.804. The summed E-state index contributed by atoms with van der Waals surface area (Å²) < 4.78 is 2.22. The van der Waals surface area contributed by atoms with Gasteiger partial charge in [-0.3, -0.25) is 0 Å². The molecule has 0 aliphatic rings. The van der Waals surface area contributed by atoms with Gasteiger partial charge in [-0.15, -0.1) is 11.3 Å². The molecule has 0 spiro atoms. The number of hydrogen-bond donors (Lipinski definition) is 0. The number of nitrogens with zero attached hydrogens (tertiary/aromatic N) is 1. The van der Waals surface area contributed by atoms with E-state index in [0.29, 0.717) is 0 Å². The molecule has 0 aliphatic carbocycles. The van der Waals surface area contributed by atoms with E-state index in [0.717, 1.165) is 9.99 Å². The van der Waals surface area contributed by atoms with E-state index in [1.807, 2.05) is 18.2 Å². The largest absolute Gasteiger partial charge is 0.232 e. The summed E-state index contributed by atoms with van der Waals surface area (Å²) in [5, 5.41) is 0. The number of aromatic nitrogens is 1. The second-order valence-electron chi connectivity index (χ2n) is 1.89. The summed E-state index contributed by atoms with van der Waals surface area (Å²) in [5.41, 5.74) is 3.85. The Bertz CT molecular complexity index is 355. The van der Waals surface area contributed by atoms with Crippen LogP contribution in [0.3, 0.4) is 0 Å². The van der Waals surface area contributed by atoms with Gasteiger partial charge in [-0.25, -0.2) is 4.98 Å². The maximum atomic E-state index is 4.06. The van der Waals surface area contributed by atoms with Crippen molar-refractivity contribution in [2.75, 3.05) is 0 Å². The predicted octanol–water partition coefficient (Wildman–Crippen LogP) is 2.86. The van der Waals surface area contributed by atoms with Crippen molar-refractivity contribution in [3.8, 4) is 0 Å². The van der Waals surface area contributed by atoms with E-state index in [1.165, 1.54) is 16.0 Å². The van der Waals surface area contributed by atoms with Crippen molar-refractivity contribution in [1.29, 1.82) is 0 Å². The molecule has 49 valence electrons. The summed E-state index contributed by atoms with van der Waals surface area (Å²) in [6.45, 7) is 0. The van der Waals surface area contributed by atoms with E-state index in [9.17, 15) is 0 Å². The average molecular weight is 213 g/mol. The molecule has 0 amide bonds. The van der Waals surface area contributed by atoms with Crippen LogP contribution in [0.1, 0.15) is 0 Å². The van der Waals surface area contributed by atoms with Crippen molar-refractivity contribution >= 4 is 37.5 Å². The Hall–Kier alpha value is -0.410. The Labute approximate surface area is 70.8 Å². The van der Waals surface area contributed by atoms with E-state index in [4.69, 9.17) is 0 Å². The fourth-order valence-corrected chi connectivity index (χ4v) is 2.02. The minimum absolute atomic E-state index is 1.01. The molecule has 0 fully saturated rings. The number of fused-ring (bicyclic) bond motifs is 1. The molecule has 3 heteroatoms. The molecule has 1 aromatic carbocycles. The lowest BCUT2D eigenvalue weighted by Gasteiger charge is -1.88. The van der Waals surface area contributed by atoms with Crippen LogP contribution in [0.2, 0.25) is 0 Å². The molecular formula is C7H3BrNS. The molecule has 0 atom stereocenters. The molecule has 1 nitrogen and oxygen atoms in total. The van der Waals surface area contributed by atoms with Crippen molar-refractivity contribution in [3.05, 3.63) is 28.2 Å². The molecular weight excluding hydrogens is 210 g/mol. The average Bonchev–Trinajstić information content (AvgIpc) is 2.36. The lowest BCUT2D eigenvalue weighted by molar-refractivity contribution is 1.47. The Morgan fingerprint density at radius 2 is 2.40 bits per heavy atom. The van der Waals surface area contributed by atoms with E-state index in [1.54, 1.807) is 0 Å². The number of para-hydroxylation sites is 1. The van der Waals surface area contributed by atoms with Crippen molar-refractivity contribution in [1.82, 2.24) is 4.98 Å². The van der Waals surface area contributed by atoms with E-state index >= 15 is 0 Å². The first kappa shape index (κ1) is 6.31. The highest BCUT2D eigenvalue weighted by Gasteiger charge is 1.98. The summed E-state index contributed by atoms with van der Waals surface area (Å²) in [7, 11) is 0. The van der Waals surface area contributed by atoms with Crippen molar-refractivity contribution in [2.45, 2.75) is 0 Å². The van der Waals surface area contributed by atoms with Gasteiger partial charge < -0.3 is 0 Å². The summed E-state index contributed by atoms with van der Waals surface area (Å²) in [4.78, 5) is 4.06. The monoisotopic (exact) mass is 212 g/mol. The molecule has 1 heterocycles. The second kappa shape index (κ2) is 2.32. The fraction of sp³-hybridized carbons (Fsp3) is 0. The summed E-state index contributed by atoms with van der Waals surface area (Å²) >= 11 is 4.94. The zero-order valence-corrected chi connectivity index (χ0v) is 7.37. The zero-order chi connectivity index (χ0) is 6.97. The summed E-state index contributed by atoms with van der Waals surface area (Å²) in [6.07, 6.45) is 0. The standard InChI is InChI=1S/C7H3BrNS/c8-5-2-1-3-6-7(5)9-4-10-6/h1-3H. The Balaban J connectivity index is 2.95. The third kappa shape index (κ3) is 0.859. The van der Waals surface area contributed by atoms with Crippen LogP contribution in [0.4, 0.5) is 0 Å². The highest BCUT2D eigenvalue weighted by atomic mass is 79.9. The van der Waals surface area contributed by atoms with Gasteiger partial charge in [0.1, 0.15) is 0 Å². The number of rotatable bonds is 0. The quantitative estimate of drug-likeness (QED) is 0.655. The molecule has 2 rings (SSSR count). The molecule has 0 saturated carbocycles. The van der Waals surface area contributed by atoms with Gasteiger partial charge in [0.2, 0.25) is 0 Å². The van der Waals surface area contributed by atoms with Gasteiger partial charge in [0.25, 0.3) is 0 Å². The maximum absolute atomic E-state index is 4.06. The van der Waals surface area contributed by atoms with Gasteiger partial charge in [-0.2, -0.15) is 0 Å². The van der Waals surface area contributed by atoms with Crippen LogP contribution in [0.25, 0.3) is 10.2 Å². The topological polar surface area (TPSA) is 12.9 Å². The lowest BCUT2D eigenvalue weighted by Crippen LogP contribution is -1.67. The highest BCUT2D eigenvalue weighted by Crippen LogP contribution is 2.24. The molecule has 2 aromatic rings. The summed E-state index contributed by atoms with van der Waals surface area (Å²) in [5.74, 6) is 0. The minimum atomic E-state index is 1.01. The normalized spacial score (nSPS) is 10.5. The van der Waals surface area contributed by atoms with Gasteiger partial charge in [0.15, 0.2) is 5.51 Å². The number of benzene rings is 1. The van der Waals surface area contributed by atoms with Crippen molar-refractivity contribution in [2.24, 2.45) is 0 Å². The van der Waals surface area contributed by atoms with Gasteiger partial charge in [0.05, 0.1) is 10.2 Å². The second-order valence-corrected chi connectivity index (χ2v) is 3.57. The van der Waals surface area contributed by atoms with E-state index in [-0.39, 0.29) is 0 Å². The third-order valence-corrected chi connectivity index (χ3v) is 2.63. The van der Waals surface area contributed by atoms with Crippen LogP contribution in [0.5, 0.6) is 0 Å². The Morgan fingerprint density at radius 3 is 3.20 bits per heavy atom. The van der Waals surface area contributed by atoms with Gasteiger partial charge in [-0.1, -0.05) is 6.07 Å². The predicted molar refractivity (Wildman–Crippen MR) is 46.2 cm³/mol. The van der Waals surface area contributed by atoms with Crippen LogP contribution in [0.15, 0.2) is 22.7 Å². The smallest absolute Gasteiger partial charge is 0.153 e. The van der Waals surface area contributed by atoms with Crippen LogP contribution in [0, 0.1) is 5.51 Å². The molecule has 1 aromatic heterocycles. The van der Waals surface area contributed by atoms with Gasteiger partial charge in [0, 0.05) is 4.47 Å². The first-order valence-electron chi connectivity index (χ1n) is 2.79. The van der Waals surface area contributed by atoms with Crippen molar-refractivity contribution < 1.29 is 0 Å². The molecule has 0 unspecified atom stereocenters. The van der Waals surface area contributed by atoms with E-state index < -0.39 is 0 Å². The first-order valence-corrected chi connectivity index (χ1v) is 4.40. The molecule has 0 saturated heterocycles. The lowest BCUT2D eigenvalue weighted by atomic mass is 10.3. The molecule has 10 heavy (non-hydrogen) atoms. The van der Waals surface area contributed by atoms with Gasteiger partial charge >= 0.3 is 0 Å². The minimum Gasteiger partial charge on any atom is -0.232 e. The number of halogens is 1. The Morgan fingerprint density at radius 1 is 1.50 bits per heavy atom. The van der Waals surface area contributed by atoms with Crippen LogP contribution in [-0.4, -0.2) is 4.98 Å². The maximum Gasteiger partial charge on any atom is 0.153 e. The third-order valence-electron chi connectivity index (χ3n) is 1.26. The molecule has 0 N–H and O–H groups in total. The number of hydrogen-bond acceptors (Lipinski definition) is 2. The van der Waals surface area contributed by atoms with Crippen LogP contribution >= 0.6 is 27.3 Å². The first-order chi connectivity index (χ1) is 4.88. The van der Waals surface area contributed by atoms with Crippen molar-refractivity contribution in [3.63, 3.8) is 0 Å². The molecule has 0 aliphatic heterocycles. The van der Waals surface area contributed by atoms with E-state index in [2.05, 4.69) is 26.4 Å². The highest BCUT2D eigenvalue weighted by molar-refractivity contribution is 9.10. The van der Waals surface area contributed by atoms with Crippen LogP contribution in [-0.2, 0) is 0 Å². The SMILES string of the molecule is Brc1cccc2s[c]nc12. The van der Waals surface area contributed by atoms with Crippen LogP contribution < -0.4 is 0 Å². The number of thiazole rings is 1. The van der Waals surface area contributed by atoms with Gasteiger partial charge in [-0.05, 0) is 28.1 Å². The Kier molecular flexibility index (Phi) is 1.47.